The van der Waals surface area contributed by atoms with E-state index in [1.165, 1.54) is 11.3 Å². The molecule has 0 saturated carbocycles. The second kappa shape index (κ2) is 5.67. The molecule has 102 valence electrons. The van der Waals surface area contributed by atoms with E-state index in [-0.39, 0.29) is 11.4 Å². The van der Waals surface area contributed by atoms with Crippen LogP contribution in [-0.4, -0.2) is 4.92 Å². The smallest absolute Gasteiger partial charge is 0.292 e. The number of aryl methyl sites for hydroxylation is 1. The van der Waals surface area contributed by atoms with Crippen molar-refractivity contribution < 1.29 is 9.31 Å². The summed E-state index contributed by atoms with van der Waals surface area (Å²) in [7, 11) is 0. The van der Waals surface area contributed by atoms with Crippen molar-refractivity contribution in [3.05, 3.63) is 50.6 Å². The maximum absolute atomic E-state index is 13.2. The first-order valence-electron chi connectivity index (χ1n) is 5.79. The van der Waals surface area contributed by atoms with Gasteiger partial charge in [0.15, 0.2) is 0 Å². The van der Waals surface area contributed by atoms with Crippen molar-refractivity contribution in [1.29, 1.82) is 5.26 Å². The monoisotopic (exact) mass is 291 g/mol. The number of nitro groups is 1. The zero-order chi connectivity index (χ0) is 14.7. The summed E-state index contributed by atoms with van der Waals surface area (Å²) in [4.78, 5) is 11.3. The summed E-state index contributed by atoms with van der Waals surface area (Å²) in [5.41, 5.74) is 0.197. The van der Waals surface area contributed by atoms with Crippen molar-refractivity contribution in [2.24, 2.45) is 0 Å². The average Bonchev–Trinajstić information content (AvgIpc) is 2.80. The number of hydrogen-bond acceptors (Lipinski definition) is 5. The van der Waals surface area contributed by atoms with Crippen molar-refractivity contribution >= 4 is 27.7 Å². The van der Waals surface area contributed by atoms with Crippen LogP contribution in [0.5, 0.6) is 0 Å². The predicted octanol–water partition coefficient (Wildman–Crippen LogP) is 3.97. The van der Waals surface area contributed by atoms with E-state index in [1.807, 2.05) is 13.0 Å². The molecule has 2 rings (SSSR count). The first kappa shape index (κ1) is 14.0. The zero-order valence-corrected chi connectivity index (χ0v) is 11.3. The van der Waals surface area contributed by atoms with Crippen LogP contribution in [0.2, 0.25) is 0 Å². The number of rotatable bonds is 4. The molecule has 0 saturated heterocycles. The van der Waals surface area contributed by atoms with Gasteiger partial charge in [0.2, 0.25) is 0 Å². The second-order valence-corrected chi connectivity index (χ2v) is 5.10. The van der Waals surface area contributed by atoms with E-state index >= 15 is 0 Å². The molecule has 0 aliphatic rings. The van der Waals surface area contributed by atoms with Crippen LogP contribution < -0.4 is 5.32 Å². The van der Waals surface area contributed by atoms with Crippen LogP contribution in [-0.2, 0) is 6.42 Å². The number of thiophene rings is 1. The largest absolute Gasteiger partial charge is 0.340 e. The number of anilines is 2. The summed E-state index contributed by atoms with van der Waals surface area (Å²) in [6.07, 6.45) is 0.756. The number of nitrogens with zero attached hydrogens (tertiary/aromatic N) is 2. The lowest BCUT2D eigenvalue weighted by Crippen LogP contribution is -1.97. The van der Waals surface area contributed by atoms with Crippen LogP contribution in [0.15, 0.2) is 24.3 Å². The van der Waals surface area contributed by atoms with Crippen LogP contribution in [0, 0.1) is 27.3 Å². The van der Waals surface area contributed by atoms with Gasteiger partial charge in [0.05, 0.1) is 10.5 Å². The Hall–Kier alpha value is -2.46. The lowest BCUT2D eigenvalue weighted by Gasteiger charge is -2.05. The third-order valence-corrected chi connectivity index (χ3v) is 3.85. The van der Waals surface area contributed by atoms with E-state index < -0.39 is 10.7 Å². The van der Waals surface area contributed by atoms with Crippen LogP contribution in [0.4, 0.5) is 20.8 Å². The Bertz CT molecular complexity index is 706. The van der Waals surface area contributed by atoms with Crippen molar-refractivity contribution in [2.75, 3.05) is 5.32 Å². The molecule has 0 amide bonds. The average molecular weight is 291 g/mol. The van der Waals surface area contributed by atoms with Gasteiger partial charge in [-0.3, -0.25) is 10.1 Å². The summed E-state index contributed by atoms with van der Waals surface area (Å²) in [6.45, 7) is 1.95. The third kappa shape index (κ3) is 2.75. The van der Waals surface area contributed by atoms with Gasteiger partial charge in [-0.2, -0.15) is 5.26 Å². The summed E-state index contributed by atoms with van der Waals surface area (Å²) in [6, 6.07) is 6.91. The van der Waals surface area contributed by atoms with Crippen LogP contribution in [0.25, 0.3) is 0 Å². The van der Waals surface area contributed by atoms with E-state index in [0.29, 0.717) is 10.6 Å². The fourth-order valence-corrected chi connectivity index (χ4v) is 2.64. The molecule has 2 aromatic rings. The summed E-state index contributed by atoms with van der Waals surface area (Å²) >= 11 is 1.33. The Morgan fingerprint density at radius 1 is 1.50 bits per heavy atom. The van der Waals surface area contributed by atoms with Crippen molar-refractivity contribution in [3.63, 3.8) is 0 Å². The van der Waals surface area contributed by atoms with Crippen molar-refractivity contribution in [1.82, 2.24) is 0 Å². The molecule has 0 radical (unpaired) electrons. The molecule has 0 unspecified atom stereocenters. The molecule has 1 aromatic heterocycles. The summed E-state index contributed by atoms with van der Waals surface area (Å²) in [5.74, 6) is -0.580. The van der Waals surface area contributed by atoms with E-state index in [2.05, 4.69) is 5.32 Å². The molecule has 1 aromatic carbocycles. The van der Waals surface area contributed by atoms with Gasteiger partial charge >= 0.3 is 0 Å². The molecule has 0 fully saturated rings. The summed E-state index contributed by atoms with van der Waals surface area (Å²) < 4.78 is 13.2. The molecule has 1 heterocycles. The second-order valence-electron chi connectivity index (χ2n) is 3.96. The fourth-order valence-electron chi connectivity index (χ4n) is 1.68. The van der Waals surface area contributed by atoms with Gasteiger partial charge in [-0.25, -0.2) is 4.39 Å². The van der Waals surface area contributed by atoms with E-state index in [9.17, 15) is 14.5 Å². The third-order valence-electron chi connectivity index (χ3n) is 2.66. The van der Waals surface area contributed by atoms with Gasteiger partial charge in [-0.1, -0.05) is 6.92 Å². The first-order chi connectivity index (χ1) is 9.55. The Balaban J connectivity index is 2.44. The predicted molar refractivity (Wildman–Crippen MR) is 74.7 cm³/mol. The van der Waals surface area contributed by atoms with Crippen LogP contribution in [0.1, 0.15) is 17.4 Å². The highest BCUT2D eigenvalue weighted by Crippen LogP contribution is 2.34. The number of nitriles is 1. The van der Waals surface area contributed by atoms with Crippen LogP contribution in [0.3, 0.4) is 0 Å². The minimum Gasteiger partial charge on any atom is -0.340 e. The van der Waals surface area contributed by atoms with Gasteiger partial charge in [0.1, 0.15) is 22.6 Å². The standard InChI is InChI=1S/C13H10FN3O2S/c1-2-10-5-8(7-15)13(20-10)16-11-6-9(14)3-4-12(11)17(18)19/h3-6,16H,2H2,1H3. The molecule has 5 nitrogen and oxygen atoms in total. The van der Waals surface area contributed by atoms with Gasteiger partial charge in [0.25, 0.3) is 5.69 Å². The highest BCUT2D eigenvalue weighted by atomic mass is 32.1. The molecule has 7 heteroatoms. The van der Waals surface area contributed by atoms with Crippen molar-refractivity contribution in [2.45, 2.75) is 13.3 Å². The maximum Gasteiger partial charge on any atom is 0.292 e. The molecular formula is C13H10FN3O2S. The zero-order valence-electron chi connectivity index (χ0n) is 10.5. The molecule has 0 atom stereocenters. The Kier molecular flexibility index (Phi) is 3.96. The molecule has 20 heavy (non-hydrogen) atoms. The number of benzene rings is 1. The van der Waals surface area contributed by atoms with Crippen LogP contribution >= 0.6 is 11.3 Å². The Morgan fingerprint density at radius 2 is 2.25 bits per heavy atom. The van der Waals surface area contributed by atoms with E-state index in [4.69, 9.17) is 5.26 Å². The summed E-state index contributed by atoms with van der Waals surface area (Å²) in [5, 5.41) is 23.2. The lowest BCUT2D eigenvalue weighted by atomic mass is 10.2. The van der Waals surface area contributed by atoms with Gasteiger partial charge < -0.3 is 5.32 Å². The van der Waals surface area contributed by atoms with E-state index in [1.54, 1.807) is 6.07 Å². The topological polar surface area (TPSA) is 79.0 Å². The number of halogens is 1. The number of nitro benzene ring substituents is 1. The van der Waals surface area contributed by atoms with Crippen molar-refractivity contribution in [3.8, 4) is 6.07 Å². The SMILES string of the molecule is CCc1cc(C#N)c(Nc2cc(F)ccc2[N+](=O)[O-])s1. The quantitative estimate of drug-likeness (QED) is 0.682. The van der Waals surface area contributed by atoms with Gasteiger partial charge in [0, 0.05) is 17.0 Å². The molecule has 1 N–H and O–H groups in total. The molecular weight excluding hydrogens is 281 g/mol. The minimum atomic E-state index is -0.595. The highest BCUT2D eigenvalue weighted by molar-refractivity contribution is 7.16. The van der Waals surface area contributed by atoms with Gasteiger partial charge in [-0.15, -0.1) is 11.3 Å². The highest BCUT2D eigenvalue weighted by Gasteiger charge is 2.17. The molecule has 0 bridgehead atoms. The molecule has 0 aliphatic carbocycles. The lowest BCUT2D eigenvalue weighted by molar-refractivity contribution is -0.384. The normalized spacial score (nSPS) is 10.1. The number of hydrogen-bond donors (Lipinski definition) is 1. The maximum atomic E-state index is 13.2. The van der Waals surface area contributed by atoms with E-state index in [0.717, 1.165) is 29.5 Å². The fraction of sp³-hybridized carbons (Fsp3) is 0.154. The Morgan fingerprint density at radius 3 is 2.85 bits per heavy atom. The van der Waals surface area contributed by atoms with Gasteiger partial charge in [-0.05, 0) is 18.6 Å². The Labute approximate surface area is 118 Å². The minimum absolute atomic E-state index is 0.0380. The first-order valence-corrected chi connectivity index (χ1v) is 6.60. The number of nitrogens with one attached hydrogen (secondary N) is 1. The molecule has 0 spiro atoms. The molecule has 0 aliphatic heterocycles.